The van der Waals surface area contributed by atoms with Gasteiger partial charge in [0.05, 0.1) is 35.6 Å². The molecule has 5 heterocycles. The van der Waals surface area contributed by atoms with E-state index in [0.29, 0.717) is 60.1 Å². The zero-order chi connectivity index (χ0) is 25.7. The van der Waals surface area contributed by atoms with E-state index in [1.54, 1.807) is 55.4 Å². The molecule has 4 aromatic heterocycles. The average molecular weight is 522 g/mol. The molecule has 0 spiro atoms. The predicted molar refractivity (Wildman–Crippen MR) is 141 cm³/mol. The van der Waals surface area contributed by atoms with Crippen molar-refractivity contribution < 1.29 is 9.13 Å². The third-order valence-corrected chi connectivity index (χ3v) is 6.63. The number of benzene rings is 1. The fourth-order valence-electron chi connectivity index (χ4n) is 4.58. The minimum Gasteiger partial charge on any atom is -0.378 e. The number of hydrogen-bond donors (Lipinski definition) is 4. The lowest BCUT2D eigenvalue weighted by molar-refractivity contribution is 0.122. The quantitative estimate of drug-likeness (QED) is 0.205. The molecular weight excluding hydrogens is 497 g/mol. The number of nitrogens with zero attached hydrogens (tertiary/aromatic N) is 6. The topological polar surface area (TPSA) is 130 Å². The zero-order valence-electron chi connectivity index (χ0n) is 20.1. The van der Waals surface area contributed by atoms with Crippen LogP contribution >= 0.6 is 12.6 Å². The highest BCUT2D eigenvalue weighted by molar-refractivity contribution is 7.81. The Labute approximate surface area is 215 Å². The number of morpholine rings is 1. The van der Waals surface area contributed by atoms with Crippen molar-refractivity contribution in [1.82, 2.24) is 34.7 Å². The van der Waals surface area contributed by atoms with E-state index < -0.39 is 16.2 Å². The van der Waals surface area contributed by atoms with Crippen LogP contribution in [-0.4, -0.2) is 61.0 Å². The number of anilines is 2. The van der Waals surface area contributed by atoms with E-state index >= 15 is 4.39 Å². The molecule has 6 rings (SSSR count). The van der Waals surface area contributed by atoms with Gasteiger partial charge in [-0.3, -0.25) is 9.48 Å². The van der Waals surface area contributed by atoms with E-state index in [4.69, 9.17) is 17.4 Å². The van der Waals surface area contributed by atoms with Crippen molar-refractivity contribution in [3.05, 3.63) is 58.8 Å². The van der Waals surface area contributed by atoms with Crippen LogP contribution in [0.3, 0.4) is 0 Å². The number of nitrogens with one attached hydrogen (secondary N) is 3. The van der Waals surface area contributed by atoms with E-state index in [9.17, 15) is 4.79 Å². The largest absolute Gasteiger partial charge is 0.378 e. The Morgan fingerprint density at radius 2 is 1.89 bits per heavy atom. The smallest absolute Gasteiger partial charge is 0.261 e. The summed E-state index contributed by atoms with van der Waals surface area (Å²) in [5.74, 6) is 0.144. The lowest BCUT2D eigenvalue weighted by atomic mass is 10.1. The fraction of sp³-hybridized carbons (Fsp3) is 0.292. The maximum Gasteiger partial charge on any atom is 0.261 e. The van der Waals surface area contributed by atoms with Crippen molar-refractivity contribution in [3.8, 4) is 11.4 Å². The maximum atomic E-state index is 15.6. The standard InChI is InChI=1S/C24H24FN9O2S/c1-24(37,23-26-6-3-7-27-23)31-20-16(22(35)29-14-12-33(2)32-19(14)20)21-28-13-4-5-15(17(25)18(13)30-21)34-8-10-36-11-9-34/h3-7,12,31,37H,8-11H2,1-2H3,(H,28,30)(H,29,35)/t24-/m0/s1. The summed E-state index contributed by atoms with van der Waals surface area (Å²) in [7, 11) is 1.76. The van der Waals surface area contributed by atoms with Gasteiger partial charge in [0.1, 0.15) is 27.3 Å². The van der Waals surface area contributed by atoms with Gasteiger partial charge >= 0.3 is 0 Å². The summed E-state index contributed by atoms with van der Waals surface area (Å²) >= 11 is 4.76. The molecule has 1 aliphatic heterocycles. The van der Waals surface area contributed by atoms with Crippen LogP contribution in [0.1, 0.15) is 12.7 Å². The number of rotatable bonds is 5. The van der Waals surface area contributed by atoms with E-state index in [0.717, 1.165) is 0 Å². The first-order valence-electron chi connectivity index (χ1n) is 11.7. The number of aryl methyl sites for hydroxylation is 1. The number of hydrogen-bond acceptors (Lipinski definition) is 9. The van der Waals surface area contributed by atoms with Crippen molar-refractivity contribution >= 4 is 46.1 Å². The minimum atomic E-state index is -1.07. The number of fused-ring (bicyclic) bond motifs is 2. The van der Waals surface area contributed by atoms with Crippen LogP contribution in [0.4, 0.5) is 15.8 Å². The normalized spacial score (nSPS) is 15.8. The highest BCUT2D eigenvalue weighted by atomic mass is 32.1. The van der Waals surface area contributed by atoms with Crippen molar-refractivity contribution in [3.63, 3.8) is 0 Å². The molecular formula is C24H24FN9O2S. The molecule has 5 aromatic rings. The summed E-state index contributed by atoms with van der Waals surface area (Å²) in [5, 5.41) is 7.83. The van der Waals surface area contributed by atoms with Gasteiger partial charge in [-0.1, -0.05) is 0 Å². The Hall–Kier alpha value is -3.97. The number of aromatic nitrogens is 7. The molecule has 11 nitrogen and oxygen atoms in total. The van der Waals surface area contributed by atoms with Gasteiger partial charge in [-0.15, -0.1) is 12.6 Å². The fourth-order valence-corrected chi connectivity index (χ4v) is 4.80. The monoisotopic (exact) mass is 521 g/mol. The van der Waals surface area contributed by atoms with Gasteiger partial charge in [0.15, 0.2) is 11.6 Å². The van der Waals surface area contributed by atoms with Gasteiger partial charge < -0.3 is 24.9 Å². The van der Waals surface area contributed by atoms with Crippen molar-refractivity contribution in [2.45, 2.75) is 11.8 Å². The van der Waals surface area contributed by atoms with E-state index in [1.807, 2.05) is 4.90 Å². The van der Waals surface area contributed by atoms with Crippen LogP contribution in [0.2, 0.25) is 0 Å². The molecule has 1 aliphatic rings. The Kier molecular flexibility index (Phi) is 5.60. The first-order valence-corrected chi connectivity index (χ1v) is 12.2. The molecule has 13 heteroatoms. The average Bonchev–Trinajstić information content (AvgIpc) is 3.48. The van der Waals surface area contributed by atoms with Gasteiger partial charge in [-0.05, 0) is 25.1 Å². The molecule has 1 aromatic carbocycles. The zero-order valence-corrected chi connectivity index (χ0v) is 21.0. The summed E-state index contributed by atoms with van der Waals surface area (Å²) in [6.07, 6.45) is 4.93. The second-order valence-electron chi connectivity index (χ2n) is 9.02. The molecule has 3 N–H and O–H groups in total. The van der Waals surface area contributed by atoms with Gasteiger partial charge in [-0.25, -0.2) is 19.3 Å². The van der Waals surface area contributed by atoms with Crippen LogP contribution in [0, 0.1) is 5.82 Å². The Morgan fingerprint density at radius 3 is 2.65 bits per heavy atom. The van der Waals surface area contributed by atoms with E-state index in [-0.39, 0.29) is 16.9 Å². The molecule has 0 amide bonds. The van der Waals surface area contributed by atoms with Gasteiger partial charge in [0.25, 0.3) is 5.56 Å². The first kappa shape index (κ1) is 23.4. The Balaban J connectivity index is 1.52. The molecule has 0 radical (unpaired) electrons. The highest BCUT2D eigenvalue weighted by Gasteiger charge is 2.30. The second-order valence-corrected chi connectivity index (χ2v) is 9.91. The minimum absolute atomic E-state index is 0.144. The summed E-state index contributed by atoms with van der Waals surface area (Å²) in [6.45, 7) is 4.02. The summed E-state index contributed by atoms with van der Waals surface area (Å²) < 4.78 is 22.6. The number of thiol groups is 1. The molecule has 37 heavy (non-hydrogen) atoms. The summed E-state index contributed by atoms with van der Waals surface area (Å²) in [5.41, 5.74) is 2.20. The van der Waals surface area contributed by atoms with Crippen molar-refractivity contribution in [2.75, 3.05) is 36.5 Å². The predicted octanol–water partition coefficient (Wildman–Crippen LogP) is 2.79. The third kappa shape index (κ3) is 4.09. The highest BCUT2D eigenvalue weighted by Crippen LogP contribution is 2.36. The Morgan fingerprint density at radius 1 is 1.14 bits per heavy atom. The van der Waals surface area contributed by atoms with Gasteiger partial charge in [0, 0.05) is 38.7 Å². The maximum absolute atomic E-state index is 15.6. The number of ether oxygens (including phenoxy) is 1. The van der Waals surface area contributed by atoms with Crippen molar-refractivity contribution in [1.29, 1.82) is 0 Å². The van der Waals surface area contributed by atoms with Crippen LogP contribution in [0.15, 0.2) is 41.6 Å². The molecule has 190 valence electrons. The molecule has 1 atom stereocenters. The van der Waals surface area contributed by atoms with E-state index in [2.05, 4.69) is 35.3 Å². The Bertz CT molecular complexity index is 1670. The first-order chi connectivity index (χ1) is 17.8. The number of aromatic amines is 2. The number of halogens is 1. The SMILES string of the molecule is Cn1cc2[nH]c(=O)c(-c3nc4c(F)c(N5CCOCC5)ccc4[nH]3)c(N[C@@](C)(S)c3ncccn3)c2n1. The summed E-state index contributed by atoms with van der Waals surface area (Å²) in [4.78, 5) is 33.4. The third-order valence-electron chi connectivity index (χ3n) is 6.32. The van der Waals surface area contributed by atoms with E-state index in [1.165, 1.54) is 0 Å². The number of H-pyrrole nitrogens is 2. The molecule has 1 saturated heterocycles. The van der Waals surface area contributed by atoms with Crippen LogP contribution in [0.5, 0.6) is 0 Å². The molecule has 0 saturated carbocycles. The van der Waals surface area contributed by atoms with Crippen molar-refractivity contribution in [2.24, 2.45) is 7.05 Å². The molecule has 0 unspecified atom stereocenters. The van der Waals surface area contributed by atoms with Crippen LogP contribution in [0.25, 0.3) is 33.5 Å². The number of pyridine rings is 1. The number of imidazole rings is 1. The van der Waals surface area contributed by atoms with Crippen LogP contribution < -0.4 is 15.8 Å². The lowest BCUT2D eigenvalue weighted by Gasteiger charge is -2.29. The van der Waals surface area contributed by atoms with Gasteiger partial charge in [-0.2, -0.15) is 5.10 Å². The second kappa shape index (κ2) is 8.85. The lowest BCUT2D eigenvalue weighted by Crippen LogP contribution is -2.36. The summed E-state index contributed by atoms with van der Waals surface area (Å²) in [6, 6.07) is 5.19. The molecule has 1 fully saturated rings. The van der Waals surface area contributed by atoms with Crippen LogP contribution in [-0.2, 0) is 16.7 Å². The van der Waals surface area contributed by atoms with Gasteiger partial charge in [0.2, 0.25) is 0 Å². The molecule has 0 aliphatic carbocycles. The molecule has 0 bridgehead atoms.